The van der Waals surface area contributed by atoms with Crippen molar-refractivity contribution in [3.8, 4) is 0 Å². The second-order valence-electron chi connectivity index (χ2n) is 8.63. The van der Waals surface area contributed by atoms with E-state index < -0.39 is 0 Å². The number of pyridine rings is 1. The third-order valence-corrected chi connectivity index (χ3v) is 7.69. The van der Waals surface area contributed by atoms with Gasteiger partial charge in [0, 0.05) is 13.1 Å². The molecular weight excluding hydrogens is 378 g/mol. The van der Waals surface area contributed by atoms with Crippen molar-refractivity contribution in [3.05, 3.63) is 17.5 Å². The van der Waals surface area contributed by atoms with Gasteiger partial charge < -0.3 is 4.90 Å². The van der Waals surface area contributed by atoms with Crippen molar-refractivity contribution >= 4 is 43.4 Å². The molecule has 3 aromatic rings. The van der Waals surface area contributed by atoms with Gasteiger partial charge in [-0.05, 0) is 62.5 Å². The minimum absolute atomic E-state index is 1.06. The molecule has 1 fully saturated rings. The predicted octanol–water partition coefficient (Wildman–Crippen LogP) is 4.76. The Morgan fingerprint density at radius 3 is 2.69 bits per heavy atom. The van der Waals surface area contributed by atoms with Crippen LogP contribution in [0.1, 0.15) is 63.0 Å². The Bertz CT molecular complexity index is 1020. The van der Waals surface area contributed by atoms with Crippen LogP contribution in [-0.4, -0.2) is 36.6 Å². The third kappa shape index (κ3) is 3.35. The van der Waals surface area contributed by atoms with Gasteiger partial charge in [0.05, 0.1) is 19.0 Å². The fraction of sp³-hybridized carbons (Fsp3) is 0.609. The van der Waals surface area contributed by atoms with Crippen molar-refractivity contribution in [1.29, 1.82) is 0 Å². The Balaban J connectivity index is 1.70. The minimum Gasteiger partial charge on any atom is -0.356 e. The molecule has 0 bridgehead atoms. The number of hydrogen-bond acceptors (Lipinski definition) is 5. The van der Waals surface area contributed by atoms with Crippen LogP contribution in [0.3, 0.4) is 0 Å². The zero-order valence-corrected chi connectivity index (χ0v) is 18.6. The molecule has 5 rings (SSSR count). The number of nitrogens with one attached hydrogen (secondary N) is 1. The van der Waals surface area contributed by atoms with Gasteiger partial charge in [0.2, 0.25) is 12.1 Å². The highest BCUT2D eigenvalue weighted by Gasteiger charge is 2.28. The molecule has 6 heteroatoms. The number of fused-ring (bicyclic) bond motifs is 5. The van der Waals surface area contributed by atoms with Crippen molar-refractivity contribution in [1.82, 2.24) is 9.97 Å². The largest absolute Gasteiger partial charge is 0.356 e. The Morgan fingerprint density at radius 2 is 1.90 bits per heavy atom. The number of hydrogen-bond donors (Lipinski definition) is 0. The van der Waals surface area contributed by atoms with Gasteiger partial charge in [0.15, 0.2) is 5.52 Å². The molecule has 0 radical (unpaired) electrons. The molecule has 5 nitrogen and oxygen atoms in total. The second kappa shape index (κ2) is 8.05. The van der Waals surface area contributed by atoms with Gasteiger partial charge >= 0.3 is 0 Å². The van der Waals surface area contributed by atoms with E-state index in [0.29, 0.717) is 0 Å². The first-order valence-electron chi connectivity index (χ1n) is 11.4. The number of aromatic amines is 1. The van der Waals surface area contributed by atoms with Gasteiger partial charge in [-0.25, -0.2) is 9.97 Å². The fourth-order valence-electron chi connectivity index (χ4n) is 5.02. The first-order chi connectivity index (χ1) is 14.3. The van der Waals surface area contributed by atoms with Gasteiger partial charge in [0.25, 0.3) is 0 Å². The van der Waals surface area contributed by atoms with Crippen LogP contribution in [0.2, 0.25) is 0 Å². The highest BCUT2D eigenvalue weighted by Crippen LogP contribution is 2.42. The van der Waals surface area contributed by atoms with E-state index in [-0.39, 0.29) is 0 Å². The Hall–Kier alpha value is -1.95. The maximum Gasteiger partial charge on any atom is 0.242 e. The summed E-state index contributed by atoms with van der Waals surface area (Å²) in [6.45, 7) is 5.63. The molecule has 1 aliphatic carbocycles. The average Bonchev–Trinajstić information content (AvgIpc) is 3.16. The molecule has 0 unspecified atom stereocenters. The summed E-state index contributed by atoms with van der Waals surface area (Å²) < 4.78 is 1.26. The highest BCUT2D eigenvalue weighted by atomic mass is 32.1. The van der Waals surface area contributed by atoms with Crippen molar-refractivity contribution < 1.29 is 4.98 Å². The van der Waals surface area contributed by atoms with E-state index >= 15 is 0 Å². The number of H-pyrrole nitrogens is 1. The van der Waals surface area contributed by atoms with Crippen LogP contribution in [0, 0.1) is 0 Å². The molecular formula is C23H32N5S+. The first kappa shape index (κ1) is 19.0. The molecule has 2 aliphatic rings. The van der Waals surface area contributed by atoms with Crippen LogP contribution in [0.5, 0.6) is 0 Å². The molecule has 1 saturated heterocycles. The summed E-state index contributed by atoms with van der Waals surface area (Å²) in [6.07, 6.45) is 13.1. The van der Waals surface area contributed by atoms with Crippen LogP contribution in [0.15, 0.2) is 6.33 Å². The standard InChI is InChI=1S/C23H31N5S/c1-3-4-12-27(2)22-20-19(24-15-25-22)18-16-10-6-7-11-17(16)21(26-23(18)29-20)28-13-8-5-9-14-28/h15H,3-14H2,1-2H3/p+1. The summed E-state index contributed by atoms with van der Waals surface area (Å²) in [5.41, 5.74) is 4.20. The lowest BCUT2D eigenvalue weighted by Crippen LogP contribution is -2.31. The molecule has 0 spiro atoms. The lowest BCUT2D eigenvalue weighted by atomic mass is 9.89. The van der Waals surface area contributed by atoms with Gasteiger partial charge in [0.1, 0.15) is 15.3 Å². The predicted molar refractivity (Wildman–Crippen MR) is 122 cm³/mol. The maximum atomic E-state index is 5.28. The number of unbranched alkanes of at least 4 members (excludes halogenated alkanes) is 1. The normalized spacial score (nSPS) is 17.1. The first-order valence-corrected chi connectivity index (χ1v) is 12.2. The number of rotatable bonds is 5. The number of aromatic nitrogens is 3. The van der Waals surface area contributed by atoms with E-state index in [0.717, 1.165) is 25.2 Å². The average molecular weight is 411 g/mol. The van der Waals surface area contributed by atoms with Gasteiger partial charge in [-0.2, -0.15) is 0 Å². The summed E-state index contributed by atoms with van der Waals surface area (Å²) in [5.74, 6) is 2.47. The van der Waals surface area contributed by atoms with Crippen molar-refractivity contribution in [3.63, 3.8) is 0 Å². The number of aryl methyl sites for hydroxylation is 1. The molecule has 1 aliphatic heterocycles. The SMILES string of the molecule is CCCCN(C)c1[nH+]cnc2c1sc1nc(N3CCCCC3)c3c(c12)CCCC3. The summed E-state index contributed by atoms with van der Waals surface area (Å²) in [4.78, 5) is 19.6. The van der Waals surface area contributed by atoms with E-state index in [1.807, 2.05) is 17.7 Å². The van der Waals surface area contributed by atoms with Crippen LogP contribution < -0.4 is 14.8 Å². The molecule has 29 heavy (non-hydrogen) atoms. The molecule has 1 N–H and O–H groups in total. The lowest BCUT2D eigenvalue weighted by Gasteiger charge is -2.31. The van der Waals surface area contributed by atoms with E-state index in [2.05, 4.69) is 28.8 Å². The third-order valence-electron chi connectivity index (χ3n) is 6.61. The highest BCUT2D eigenvalue weighted by molar-refractivity contribution is 7.26. The summed E-state index contributed by atoms with van der Waals surface area (Å²) in [6, 6.07) is 0. The number of nitrogens with zero attached hydrogens (tertiary/aromatic N) is 4. The minimum atomic E-state index is 1.06. The lowest BCUT2D eigenvalue weighted by molar-refractivity contribution is -0.366. The van der Waals surface area contributed by atoms with Crippen LogP contribution in [-0.2, 0) is 12.8 Å². The molecule has 0 aromatic carbocycles. The second-order valence-corrected chi connectivity index (χ2v) is 9.63. The summed E-state index contributed by atoms with van der Waals surface area (Å²) >= 11 is 1.83. The summed E-state index contributed by atoms with van der Waals surface area (Å²) in [7, 11) is 2.19. The van der Waals surface area contributed by atoms with Crippen molar-refractivity contribution in [2.24, 2.45) is 0 Å². The quantitative estimate of drug-likeness (QED) is 0.608. The summed E-state index contributed by atoms with van der Waals surface area (Å²) in [5, 5.41) is 1.33. The Kier molecular flexibility index (Phi) is 5.29. The van der Waals surface area contributed by atoms with Gasteiger partial charge in [-0.3, -0.25) is 4.90 Å². The van der Waals surface area contributed by atoms with Crippen LogP contribution in [0.25, 0.3) is 20.4 Å². The zero-order chi connectivity index (χ0) is 19.8. The smallest absolute Gasteiger partial charge is 0.242 e. The van der Waals surface area contributed by atoms with Crippen molar-refractivity contribution in [2.75, 3.05) is 36.5 Å². The van der Waals surface area contributed by atoms with Crippen molar-refractivity contribution in [2.45, 2.75) is 64.7 Å². The number of anilines is 2. The fourth-order valence-corrected chi connectivity index (χ4v) is 6.23. The Morgan fingerprint density at radius 1 is 1.10 bits per heavy atom. The molecule has 154 valence electrons. The van der Waals surface area contributed by atoms with Gasteiger partial charge in [-0.1, -0.05) is 13.3 Å². The van der Waals surface area contributed by atoms with E-state index in [1.54, 1.807) is 0 Å². The molecule has 0 amide bonds. The van der Waals surface area contributed by atoms with Crippen LogP contribution in [0.4, 0.5) is 11.6 Å². The monoisotopic (exact) mass is 410 g/mol. The molecule has 0 saturated carbocycles. The number of piperidine rings is 1. The zero-order valence-electron chi connectivity index (χ0n) is 17.8. The van der Waals surface area contributed by atoms with E-state index in [9.17, 15) is 0 Å². The Labute approximate surface area is 177 Å². The molecule has 4 heterocycles. The molecule has 3 aromatic heterocycles. The van der Waals surface area contributed by atoms with E-state index in [1.165, 1.54) is 95.5 Å². The molecule has 0 atom stereocenters. The van der Waals surface area contributed by atoms with Crippen LogP contribution >= 0.6 is 11.3 Å². The topological polar surface area (TPSA) is 46.4 Å². The van der Waals surface area contributed by atoms with E-state index in [4.69, 9.17) is 9.97 Å². The maximum absolute atomic E-state index is 5.28. The van der Waals surface area contributed by atoms with Gasteiger partial charge in [-0.15, -0.1) is 16.3 Å². The number of thiophene rings is 1.